The lowest BCUT2D eigenvalue weighted by Gasteiger charge is -2.35. The maximum Gasteiger partial charge on any atom is 0.415 e. The molecule has 2 heterocycles. The van der Waals surface area contributed by atoms with E-state index in [0.717, 1.165) is 37.7 Å². The molecule has 1 saturated heterocycles. The van der Waals surface area contributed by atoms with Crippen LogP contribution in [-0.4, -0.2) is 112 Å². The van der Waals surface area contributed by atoms with E-state index in [1.165, 1.54) is 31.2 Å². The molecule has 57 heavy (non-hydrogen) atoms. The number of carboxylic acids is 3. The zero-order valence-electron chi connectivity index (χ0n) is 32.4. The molecule has 1 aliphatic heterocycles. The van der Waals surface area contributed by atoms with Gasteiger partial charge in [0.1, 0.15) is 24.2 Å². The lowest BCUT2D eigenvalue weighted by atomic mass is 9.84. The number of esters is 1. The number of rotatable bonds is 18. The third-order valence-electron chi connectivity index (χ3n) is 9.53. The summed E-state index contributed by atoms with van der Waals surface area (Å²) in [6, 6.07) is 2.04. The highest BCUT2D eigenvalue weighted by Crippen LogP contribution is 2.40. The van der Waals surface area contributed by atoms with Gasteiger partial charge in [0, 0.05) is 6.04 Å². The number of ether oxygens (including phenoxy) is 2. The first-order valence-electron chi connectivity index (χ1n) is 18.6. The van der Waals surface area contributed by atoms with Gasteiger partial charge in [-0.3, -0.25) is 29.1 Å². The van der Waals surface area contributed by atoms with Crippen LogP contribution in [-0.2, 0) is 43.3 Å². The van der Waals surface area contributed by atoms with Crippen LogP contribution in [0.1, 0.15) is 91.0 Å². The third kappa shape index (κ3) is 12.3. The molecule has 21 heteroatoms. The number of aromatic nitrogens is 2. The summed E-state index contributed by atoms with van der Waals surface area (Å²) >= 11 is 0. The van der Waals surface area contributed by atoms with E-state index >= 15 is 0 Å². The summed E-state index contributed by atoms with van der Waals surface area (Å²) in [4.78, 5) is 71.6. The maximum absolute atomic E-state index is 13.1. The number of carbonyl (C=O) groups is 6. The van der Waals surface area contributed by atoms with Gasteiger partial charge in [-0.05, 0) is 76.3 Å². The molecule has 5 N–H and O–H groups in total. The van der Waals surface area contributed by atoms with Gasteiger partial charge in [0.25, 0.3) is 9.84 Å². The molecule has 7 atom stereocenters. The maximum atomic E-state index is 13.1. The Kier molecular flexibility index (Phi) is 16.8. The van der Waals surface area contributed by atoms with Crippen molar-refractivity contribution in [3.63, 3.8) is 0 Å². The number of nitrogens with zero attached hydrogens (tertiary/aromatic N) is 3. The van der Waals surface area contributed by atoms with E-state index in [0.29, 0.717) is 19.4 Å². The van der Waals surface area contributed by atoms with Crippen molar-refractivity contribution < 1.29 is 71.5 Å². The fourth-order valence-corrected chi connectivity index (χ4v) is 8.12. The van der Waals surface area contributed by atoms with E-state index in [2.05, 4.69) is 15.1 Å². The molecule has 1 aromatic heterocycles. The monoisotopic (exact) mass is 825 g/mol. The Bertz CT molecular complexity index is 1850. The van der Waals surface area contributed by atoms with Crippen molar-refractivity contribution in [1.82, 2.24) is 20.7 Å². The minimum atomic E-state index is -4.37. The standard InChI is InChI=1S/C19H32N2O5.C17H19N3O10S/c1-4-8-14(19(25)26-5-2)20-12(3)17(22)21-15-10-7-6-9-13(15)11-16(21)18(23)24;1-9-3-5-11(6-4-9)31(27,28)16-15(19-30-20(16)26)29-10(2)7-13(21)18-12(17(24)25)8-14(22)23/h12-16,20H,4-11H2,1-3H3,(H,23,24);3-6,10,12H,7-8H2,1-2H3,(H,18,21)(H,22,23)(H,24,25)/t12-,13-,14-,15-,16?;10?,12-/m00/s1. The zero-order chi connectivity index (χ0) is 42.6. The Morgan fingerprint density at radius 3 is 2.25 bits per heavy atom. The molecule has 0 spiro atoms. The van der Waals surface area contributed by atoms with E-state index in [9.17, 15) is 47.5 Å². The first kappa shape index (κ1) is 46.1. The molecule has 2 fully saturated rings. The summed E-state index contributed by atoms with van der Waals surface area (Å²) < 4.78 is 40.2. The molecule has 4 rings (SSSR count). The number of benzene rings is 1. The van der Waals surface area contributed by atoms with E-state index in [1.807, 2.05) is 12.2 Å². The number of amides is 2. The highest BCUT2D eigenvalue weighted by molar-refractivity contribution is 7.91. The van der Waals surface area contributed by atoms with Crippen LogP contribution in [0.25, 0.3) is 0 Å². The average Bonchev–Trinajstić information content (AvgIpc) is 3.71. The van der Waals surface area contributed by atoms with Gasteiger partial charge in [-0.1, -0.05) is 43.9 Å². The van der Waals surface area contributed by atoms with Crippen LogP contribution < -0.4 is 20.3 Å². The van der Waals surface area contributed by atoms with Crippen LogP contribution in [0.5, 0.6) is 5.88 Å². The number of fused-ring (bicyclic) bond motifs is 1. The second-order valence-electron chi connectivity index (χ2n) is 14.0. The molecule has 0 radical (unpaired) electrons. The Morgan fingerprint density at radius 2 is 1.67 bits per heavy atom. The zero-order valence-corrected chi connectivity index (χ0v) is 33.2. The Hall–Kier alpha value is -5.31. The summed E-state index contributed by atoms with van der Waals surface area (Å²) in [7, 11) is -4.37. The van der Waals surface area contributed by atoms with Gasteiger partial charge in [0.2, 0.25) is 11.8 Å². The van der Waals surface area contributed by atoms with Gasteiger partial charge >= 0.3 is 34.8 Å². The van der Waals surface area contributed by atoms with Crippen LogP contribution in [0, 0.1) is 18.0 Å². The van der Waals surface area contributed by atoms with Crippen molar-refractivity contribution in [3.8, 4) is 5.88 Å². The fourth-order valence-electron chi connectivity index (χ4n) is 6.86. The molecule has 1 aromatic carbocycles. The van der Waals surface area contributed by atoms with Gasteiger partial charge in [-0.25, -0.2) is 18.0 Å². The molecule has 316 valence electrons. The van der Waals surface area contributed by atoms with Crippen LogP contribution in [0.3, 0.4) is 0 Å². The second-order valence-corrected chi connectivity index (χ2v) is 15.8. The van der Waals surface area contributed by atoms with E-state index < -0.39 is 87.7 Å². The normalized spacial score (nSPS) is 19.7. The average molecular weight is 826 g/mol. The minimum Gasteiger partial charge on any atom is -0.481 e. The number of hydrogen-bond donors (Lipinski definition) is 5. The summed E-state index contributed by atoms with van der Waals surface area (Å²) in [5.74, 6) is -5.77. The van der Waals surface area contributed by atoms with Gasteiger partial charge < -0.3 is 40.2 Å². The van der Waals surface area contributed by atoms with Crippen LogP contribution in [0.4, 0.5) is 0 Å². The molecule has 2 aliphatic rings. The largest absolute Gasteiger partial charge is 0.481 e. The highest BCUT2D eigenvalue weighted by atomic mass is 32.2. The number of hydrogen-bond acceptors (Lipinski definition) is 14. The molecule has 2 amide bonds. The lowest BCUT2D eigenvalue weighted by Crippen LogP contribution is -2.55. The molecule has 0 bridgehead atoms. The van der Waals surface area contributed by atoms with E-state index in [4.69, 9.17) is 19.7 Å². The molecular formula is C36H51N5O15S. The molecule has 2 unspecified atom stereocenters. The summed E-state index contributed by atoms with van der Waals surface area (Å²) in [5.41, 5.74) is 0.790. The molecule has 1 aliphatic carbocycles. The molecule has 20 nitrogen and oxygen atoms in total. The van der Waals surface area contributed by atoms with E-state index in [-0.39, 0.29) is 33.6 Å². The van der Waals surface area contributed by atoms with Gasteiger partial charge in [0.15, 0.2) is 0 Å². The fraction of sp³-hybridized carbons (Fsp3) is 0.611. The van der Waals surface area contributed by atoms with Crippen molar-refractivity contribution in [2.75, 3.05) is 6.61 Å². The number of aliphatic carboxylic acids is 3. The molecule has 1 saturated carbocycles. The summed E-state index contributed by atoms with van der Waals surface area (Å²) in [5, 5.41) is 46.6. The first-order chi connectivity index (χ1) is 26.8. The Labute approximate surface area is 329 Å². The summed E-state index contributed by atoms with van der Waals surface area (Å²) in [6.45, 7) is 8.79. The van der Waals surface area contributed by atoms with E-state index in [1.54, 1.807) is 25.7 Å². The predicted molar refractivity (Wildman–Crippen MR) is 195 cm³/mol. The number of sulfone groups is 1. The predicted octanol–water partition coefficient (Wildman–Crippen LogP) is 1.59. The van der Waals surface area contributed by atoms with Crippen LogP contribution >= 0.6 is 0 Å². The van der Waals surface area contributed by atoms with Crippen LogP contribution in [0.15, 0.2) is 38.8 Å². The van der Waals surface area contributed by atoms with Crippen LogP contribution in [0.2, 0.25) is 0 Å². The number of aryl methyl sites for hydroxylation is 1. The topological polar surface area (TPSA) is 296 Å². The lowest BCUT2D eigenvalue weighted by molar-refractivity contribution is -0.832. The van der Waals surface area contributed by atoms with Crippen molar-refractivity contribution >= 4 is 45.5 Å². The number of nitrogens with one attached hydrogen (secondary N) is 2. The van der Waals surface area contributed by atoms with Gasteiger partial charge in [-0.15, -0.1) is 0 Å². The van der Waals surface area contributed by atoms with Crippen molar-refractivity contribution in [2.45, 2.75) is 139 Å². The third-order valence-corrected chi connectivity index (χ3v) is 11.3. The van der Waals surface area contributed by atoms with Crippen molar-refractivity contribution in [3.05, 3.63) is 35.0 Å². The number of carbonyl (C=O) groups excluding carboxylic acids is 3. The SMILES string of the molecule is CCC[C@H](N[C@@H](C)C(=O)N1C(C(=O)O)C[C@@H]2CCCC[C@@H]21)C(=O)OCC.Cc1ccc(S(=O)(=O)c2c(OC(C)CC(=O)N[C@@H](CC(=O)O)C(=O)O)no[n+]2[O-])cc1. The minimum absolute atomic E-state index is 0.00817. The Morgan fingerprint density at radius 1 is 1.02 bits per heavy atom. The van der Waals surface area contributed by atoms with Crippen molar-refractivity contribution in [2.24, 2.45) is 5.92 Å². The second kappa shape index (κ2) is 20.7. The first-order valence-corrected chi connectivity index (χ1v) is 20.1. The smallest absolute Gasteiger partial charge is 0.415 e. The number of likely N-dealkylation sites (tertiary alicyclic amines) is 1. The van der Waals surface area contributed by atoms with Crippen molar-refractivity contribution in [1.29, 1.82) is 0 Å². The highest BCUT2D eigenvalue weighted by Gasteiger charge is 2.48. The molecule has 2 aromatic rings. The molecular weight excluding hydrogens is 774 g/mol. The number of carboxylic acid groups (broad SMARTS) is 3. The van der Waals surface area contributed by atoms with Gasteiger partial charge in [-0.2, -0.15) is 0 Å². The van der Waals surface area contributed by atoms with Gasteiger partial charge in [0.05, 0.1) is 35.5 Å². The Balaban J connectivity index is 0.000000310. The quantitative estimate of drug-likeness (QED) is 0.105. The summed E-state index contributed by atoms with van der Waals surface area (Å²) in [6.07, 6.45) is 3.48.